The number of methoxy groups -OCH3 is 1. The van der Waals surface area contributed by atoms with Crippen molar-refractivity contribution in [1.82, 2.24) is 4.98 Å². The minimum Gasteiger partial charge on any atom is -0.397 e. The number of hydrogen-bond acceptors (Lipinski definition) is 5. The molecular weight excluding hydrogens is 230 g/mol. The first kappa shape index (κ1) is 12.6. The monoisotopic (exact) mass is 247 g/mol. The molecule has 0 bridgehead atoms. The standard InChI is InChI=1S/C13H17N3O2/c1-18-8-9(17)7-16-12-5-6-15-13-10(12)3-2-4-11(13)14/h2-6,9,17H,7-8,14H2,1H3,(H,15,16). The third kappa shape index (κ3) is 2.69. The van der Waals surface area contributed by atoms with E-state index < -0.39 is 6.10 Å². The van der Waals surface area contributed by atoms with Crippen LogP contribution in [-0.2, 0) is 4.74 Å². The second kappa shape index (κ2) is 5.66. The minimum atomic E-state index is -0.542. The Hall–Kier alpha value is -1.85. The molecule has 5 heteroatoms. The summed E-state index contributed by atoms with van der Waals surface area (Å²) in [5.41, 5.74) is 8.19. The Labute approximate surface area is 106 Å². The summed E-state index contributed by atoms with van der Waals surface area (Å²) < 4.78 is 4.88. The Bertz CT molecular complexity index is 531. The third-order valence-electron chi connectivity index (χ3n) is 2.69. The first-order valence-corrected chi connectivity index (χ1v) is 5.76. The fourth-order valence-corrected chi connectivity index (χ4v) is 1.83. The van der Waals surface area contributed by atoms with Crippen molar-refractivity contribution in [3.8, 4) is 0 Å². The molecule has 4 N–H and O–H groups in total. The highest BCUT2D eigenvalue weighted by molar-refractivity contribution is 5.97. The maximum absolute atomic E-state index is 9.61. The number of hydrogen-bond donors (Lipinski definition) is 3. The maximum Gasteiger partial charge on any atom is 0.0951 e. The van der Waals surface area contributed by atoms with Crippen molar-refractivity contribution in [2.75, 3.05) is 31.3 Å². The van der Waals surface area contributed by atoms with Gasteiger partial charge in [-0.05, 0) is 12.1 Å². The molecule has 0 saturated heterocycles. The lowest BCUT2D eigenvalue weighted by molar-refractivity contribution is 0.0728. The number of ether oxygens (including phenoxy) is 1. The SMILES string of the molecule is COCC(O)CNc1ccnc2c(N)cccc12. The van der Waals surface area contributed by atoms with Gasteiger partial charge in [-0.25, -0.2) is 0 Å². The molecule has 96 valence electrons. The van der Waals surface area contributed by atoms with Crippen LogP contribution in [0, 0.1) is 0 Å². The van der Waals surface area contributed by atoms with Crippen LogP contribution in [0.3, 0.4) is 0 Å². The Kier molecular flexibility index (Phi) is 3.96. The van der Waals surface area contributed by atoms with Gasteiger partial charge in [0.15, 0.2) is 0 Å². The lowest BCUT2D eigenvalue weighted by Gasteiger charge is -2.13. The number of fused-ring (bicyclic) bond motifs is 1. The van der Waals surface area contributed by atoms with Crippen LogP contribution in [0.15, 0.2) is 30.5 Å². The van der Waals surface area contributed by atoms with Crippen LogP contribution < -0.4 is 11.1 Å². The second-order valence-corrected chi connectivity index (χ2v) is 4.09. The Morgan fingerprint density at radius 3 is 3.06 bits per heavy atom. The van der Waals surface area contributed by atoms with Crippen molar-refractivity contribution in [2.45, 2.75) is 6.10 Å². The van der Waals surface area contributed by atoms with Gasteiger partial charge in [-0.15, -0.1) is 0 Å². The highest BCUT2D eigenvalue weighted by atomic mass is 16.5. The lowest BCUT2D eigenvalue weighted by Crippen LogP contribution is -2.24. The van der Waals surface area contributed by atoms with E-state index >= 15 is 0 Å². The van der Waals surface area contributed by atoms with Crippen LogP contribution in [0.25, 0.3) is 10.9 Å². The van der Waals surface area contributed by atoms with Crippen molar-refractivity contribution in [3.05, 3.63) is 30.5 Å². The second-order valence-electron chi connectivity index (χ2n) is 4.09. The predicted octanol–water partition coefficient (Wildman–Crippen LogP) is 1.24. The zero-order valence-electron chi connectivity index (χ0n) is 10.3. The van der Waals surface area contributed by atoms with Crippen molar-refractivity contribution in [1.29, 1.82) is 0 Å². The van der Waals surface area contributed by atoms with Gasteiger partial charge in [0.25, 0.3) is 0 Å². The largest absolute Gasteiger partial charge is 0.397 e. The predicted molar refractivity (Wildman–Crippen MR) is 72.5 cm³/mol. The van der Waals surface area contributed by atoms with E-state index in [-0.39, 0.29) is 0 Å². The number of nitrogens with two attached hydrogens (primary N) is 1. The number of pyridine rings is 1. The van der Waals surface area contributed by atoms with Gasteiger partial charge in [-0.3, -0.25) is 4.98 Å². The molecular formula is C13H17N3O2. The molecule has 0 aliphatic carbocycles. The molecule has 1 unspecified atom stereocenters. The molecule has 1 atom stereocenters. The van der Waals surface area contributed by atoms with E-state index in [4.69, 9.17) is 10.5 Å². The zero-order valence-corrected chi connectivity index (χ0v) is 10.3. The summed E-state index contributed by atoms with van der Waals surface area (Å²) in [6.45, 7) is 0.722. The molecule has 18 heavy (non-hydrogen) atoms. The molecule has 0 saturated carbocycles. The summed E-state index contributed by atoms with van der Waals surface area (Å²) in [4.78, 5) is 4.25. The summed E-state index contributed by atoms with van der Waals surface area (Å²) >= 11 is 0. The van der Waals surface area contributed by atoms with Gasteiger partial charge in [-0.1, -0.05) is 12.1 Å². The molecule has 2 aromatic rings. The number of aromatic nitrogens is 1. The number of para-hydroxylation sites is 1. The molecule has 1 heterocycles. The summed E-state index contributed by atoms with van der Waals surface area (Å²) in [5, 5.41) is 13.7. The van der Waals surface area contributed by atoms with Crippen LogP contribution in [0.5, 0.6) is 0 Å². The van der Waals surface area contributed by atoms with Gasteiger partial charge in [-0.2, -0.15) is 0 Å². The fraction of sp³-hybridized carbons (Fsp3) is 0.308. The number of aliphatic hydroxyl groups excluding tert-OH is 1. The average Bonchev–Trinajstić information content (AvgIpc) is 2.37. The molecule has 2 rings (SSSR count). The van der Waals surface area contributed by atoms with Crippen molar-refractivity contribution < 1.29 is 9.84 Å². The van der Waals surface area contributed by atoms with Crippen LogP contribution in [0.4, 0.5) is 11.4 Å². The number of aliphatic hydroxyl groups is 1. The van der Waals surface area contributed by atoms with Gasteiger partial charge in [0.1, 0.15) is 0 Å². The number of nitrogens with one attached hydrogen (secondary N) is 1. The first-order chi connectivity index (χ1) is 8.72. The summed E-state index contributed by atoms with van der Waals surface area (Å²) in [7, 11) is 1.56. The van der Waals surface area contributed by atoms with Crippen LogP contribution in [-0.4, -0.2) is 36.5 Å². The van der Waals surface area contributed by atoms with E-state index in [1.165, 1.54) is 0 Å². The van der Waals surface area contributed by atoms with Gasteiger partial charge in [0.05, 0.1) is 23.9 Å². The van der Waals surface area contributed by atoms with E-state index in [1.807, 2.05) is 24.3 Å². The minimum absolute atomic E-state index is 0.304. The summed E-state index contributed by atoms with van der Waals surface area (Å²) in [6, 6.07) is 7.51. The van der Waals surface area contributed by atoms with Gasteiger partial charge in [0.2, 0.25) is 0 Å². The number of nitrogens with zero attached hydrogens (tertiary/aromatic N) is 1. The molecule has 0 fully saturated rings. The number of rotatable bonds is 5. The first-order valence-electron chi connectivity index (χ1n) is 5.76. The Morgan fingerprint density at radius 1 is 1.44 bits per heavy atom. The number of anilines is 2. The molecule has 0 aliphatic rings. The molecule has 1 aromatic heterocycles. The van der Waals surface area contributed by atoms with Gasteiger partial charge in [0, 0.05) is 30.9 Å². The molecule has 0 aliphatic heterocycles. The van der Waals surface area contributed by atoms with Gasteiger partial charge < -0.3 is 20.9 Å². The normalized spacial score (nSPS) is 12.6. The highest BCUT2D eigenvalue weighted by Crippen LogP contribution is 2.25. The highest BCUT2D eigenvalue weighted by Gasteiger charge is 2.06. The van der Waals surface area contributed by atoms with E-state index in [0.29, 0.717) is 18.8 Å². The molecule has 0 spiro atoms. The topological polar surface area (TPSA) is 80.4 Å². The number of nitrogen functional groups attached to an aromatic ring is 1. The van der Waals surface area contributed by atoms with Crippen molar-refractivity contribution in [2.24, 2.45) is 0 Å². The quantitative estimate of drug-likeness (QED) is 0.693. The maximum atomic E-state index is 9.61. The summed E-state index contributed by atoms with van der Waals surface area (Å²) in [6.07, 6.45) is 1.16. The van der Waals surface area contributed by atoms with Crippen LogP contribution in [0.2, 0.25) is 0 Å². The Morgan fingerprint density at radius 2 is 2.28 bits per heavy atom. The van der Waals surface area contributed by atoms with E-state index in [9.17, 15) is 5.11 Å². The molecule has 0 radical (unpaired) electrons. The third-order valence-corrected chi connectivity index (χ3v) is 2.69. The zero-order chi connectivity index (χ0) is 13.0. The van der Waals surface area contributed by atoms with Crippen LogP contribution in [0.1, 0.15) is 0 Å². The summed E-state index contributed by atoms with van der Waals surface area (Å²) in [5.74, 6) is 0. The van der Waals surface area contributed by atoms with E-state index in [1.54, 1.807) is 13.3 Å². The fourth-order valence-electron chi connectivity index (χ4n) is 1.83. The van der Waals surface area contributed by atoms with Crippen LogP contribution >= 0.6 is 0 Å². The molecule has 1 aromatic carbocycles. The number of benzene rings is 1. The van der Waals surface area contributed by atoms with Crippen molar-refractivity contribution >= 4 is 22.3 Å². The van der Waals surface area contributed by atoms with Crippen molar-refractivity contribution in [3.63, 3.8) is 0 Å². The average molecular weight is 247 g/mol. The Balaban J connectivity index is 2.21. The smallest absolute Gasteiger partial charge is 0.0951 e. The molecule has 5 nitrogen and oxygen atoms in total. The lowest BCUT2D eigenvalue weighted by atomic mass is 10.1. The molecule has 0 amide bonds. The van der Waals surface area contributed by atoms with Gasteiger partial charge >= 0.3 is 0 Å². The van der Waals surface area contributed by atoms with E-state index in [2.05, 4.69) is 10.3 Å². The van der Waals surface area contributed by atoms with E-state index in [0.717, 1.165) is 16.6 Å².